The second kappa shape index (κ2) is 9.60. The minimum Gasteiger partial charge on any atom is -0.478 e. The molecule has 0 radical (unpaired) electrons. The molecule has 162 valence electrons. The van der Waals surface area contributed by atoms with Crippen molar-refractivity contribution in [2.24, 2.45) is 0 Å². The average Bonchev–Trinajstić information content (AvgIpc) is 2.84. The van der Waals surface area contributed by atoms with E-state index in [1.165, 1.54) is 12.1 Å². The second-order valence-corrected chi connectivity index (χ2v) is 7.25. The van der Waals surface area contributed by atoms with Gasteiger partial charge in [-0.05, 0) is 33.7 Å². The van der Waals surface area contributed by atoms with E-state index in [0.29, 0.717) is 21.9 Å². The third-order valence-electron chi connectivity index (χ3n) is 5.31. The first-order valence-electron chi connectivity index (χ1n) is 10.2. The minimum atomic E-state index is -1.09. The summed E-state index contributed by atoms with van der Waals surface area (Å²) in [6.45, 7) is 3.11. The second-order valence-electron chi connectivity index (χ2n) is 7.25. The molecule has 0 saturated carbocycles. The summed E-state index contributed by atoms with van der Waals surface area (Å²) >= 11 is 0. The van der Waals surface area contributed by atoms with Crippen LogP contribution in [0.2, 0.25) is 0 Å². The maximum absolute atomic E-state index is 11.9. The Bertz CT molecular complexity index is 1180. The summed E-state index contributed by atoms with van der Waals surface area (Å²) in [5, 5.41) is 22.6. The van der Waals surface area contributed by atoms with E-state index >= 15 is 0 Å². The molecule has 0 bridgehead atoms. The Morgan fingerprint density at radius 3 is 1.28 bits per heavy atom. The monoisotopic (exact) mass is 430 g/mol. The van der Waals surface area contributed by atoms with Crippen LogP contribution in [0.4, 0.5) is 0 Å². The van der Waals surface area contributed by atoms with Crippen molar-refractivity contribution in [1.29, 1.82) is 0 Å². The number of aromatic carboxylic acids is 2. The van der Waals surface area contributed by atoms with E-state index in [1.807, 2.05) is 48.5 Å². The van der Waals surface area contributed by atoms with Gasteiger partial charge < -0.3 is 19.7 Å². The fraction of sp³-hybridized carbons (Fsp3) is 0.154. The van der Waals surface area contributed by atoms with Crippen LogP contribution >= 0.6 is 0 Å². The number of fused-ring (bicyclic) bond motifs is 2. The number of carbonyl (C=O) groups is 2. The molecule has 32 heavy (non-hydrogen) atoms. The minimum absolute atomic E-state index is 0.0857. The van der Waals surface area contributed by atoms with Crippen molar-refractivity contribution in [2.45, 2.75) is 0 Å². The van der Waals surface area contributed by atoms with E-state index < -0.39 is 11.9 Å². The quantitative estimate of drug-likeness (QED) is 0.470. The third kappa shape index (κ3) is 4.32. The van der Waals surface area contributed by atoms with Crippen LogP contribution in [0, 0.1) is 0 Å². The van der Waals surface area contributed by atoms with E-state index in [1.54, 1.807) is 12.1 Å². The van der Waals surface area contributed by atoms with Crippen molar-refractivity contribution in [2.75, 3.05) is 26.4 Å². The number of rotatable bonds is 3. The van der Waals surface area contributed by atoms with Crippen LogP contribution in [0.25, 0.3) is 32.7 Å². The van der Waals surface area contributed by atoms with E-state index in [9.17, 15) is 19.8 Å². The van der Waals surface area contributed by atoms with E-state index in [-0.39, 0.29) is 11.1 Å². The van der Waals surface area contributed by atoms with Crippen molar-refractivity contribution in [1.82, 2.24) is 0 Å². The Morgan fingerprint density at radius 2 is 0.938 bits per heavy atom. The summed E-state index contributed by atoms with van der Waals surface area (Å²) in [5.74, 6) is -2.18. The number of benzene rings is 4. The molecule has 0 unspecified atom stereocenters. The summed E-state index contributed by atoms with van der Waals surface area (Å²) in [6, 6.07) is 21.4. The first kappa shape index (κ1) is 21.5. The topological polar surface area (TPSA) is 93.1 Å². The molecule has 6 nitrogen and oxygen atoms in total. The van der Waals surface area contributed by atoms with Gasteiger partial charge >= 0.3 is 11.9 Å². The highest BCUT2D eigenvalue weighted by Crippen LogP contribution is 2.39. The third-order valence-corrected chi connectivity index (χ3v) is 5.31. The highest BCUT2D eigenvalue weighted by Gasteiger charge is 2.22. The van der Waals surface area contributed by atoms with Crippen LogP contribution in [-0.4, -0.2) is 48.6 Å². The van der Waals surface area contributed by atoms with Gasteiger partial charge in [-0.1, -0.05) is 60.7 Å². The number of ether oxygens (including phenoxy) is 2. The van der Waals surface area contributed by atoms with Gasteiger partial charge in [0.05, 0.1) is 37.6 Å². The van der Waals surface area contributed by atoms with E-state index in [2.05, 4.69) is 0 Å². The number of carboxylic acid groups (broad SMARTS) is 2. The zero-order valence-electron chi connectivity index (χ0n) is 17.3. The van der Waals surface area contributed by atoms with Gasteiger partial charge in [-0.25, -0.2) is 9.59 Å². The SMILES string of the molecule is C1COCCO1.O=C(O)c1ccc2ccccc2c1-c1c(C(=O)O)ccc2ccccc12. The van der Waals surface area contributed by atoms with Gasteiger partial charge in [-0.15, -0.1) is 0 Å². The van der Waals surface area contributed by atoms with Gasteiger partial charge in [0.15, 0.2) is 0 Å². The Labute approximate surface area is 184 Å². The highest BCUT2D eigenvalue weighted by molar-refractivity contribution is 6.17. The van der Waals surface area contributed by atoms with Gasteiger partial charge in [-0.2, -0.15) is 0 Å². The largest absolute Gasteiger partial charge is 0.478 e. The fourth-order valence-corrected chi connectivity index (χ4v) is 3.88. The van der Waals surface area contributed by atoms with Gasteiger partial charge in [0.25, 0.3) is 0 Å². The van der Waals surface area contributed by atoms with E-state index in [4.69, 9.17) is 9.47 Å². The Kier molecular flexibility index (Phi) is 6.44. The van der Waals surface area contributed by atoms with Gasteiger partial charge in [0.1, 0.15) is 0 Å². The lowest BCUT2D eigenvalue weighted by Crippen LogP contribution is -2.16. The molecule has 0 aromatic heterocycles. The summed E-state index contributed by atoms with van der Waals surface area (Å²) in [4.78, 5) is 23.8. The van der Waals surface area contributed by atoms with Crippen molar-refractivity contribution < 1.29 is 29.3 Å². The molecule has 1 aliphatic rings. The zero-order valence-corrected chi connectivity index (χ0v) is 17.3. The first-order valence-corrected chi connectivity index (χ1v) is 10.2. The number of hydrogen-bond acceptors (Lipinski definition) is 4. The van der Waals surface area contributed by atoms with Crippen molar-refractivity contribution in [3.8, 4) is 11.1 Å². The van der Waals surface area contributed by atoms with Crippen LogP contribution < -0.4 is 0 Å². The normalized spacial score (nSPS) is 13.4. The first-order chi connectivity index (χ1) is 15.6. The Balaban J connectivity index is 0.000000354. The van der Waals surface area contributed by atoms with Crippen LogP contribution in [0.1, 0.15) is 20.7 Å². The molecule has 1 fully saturated rings. The van der Waals surface area contributed by atoms with Crippen molar-refractivity contribution in [3.63, 3.8) is 0 Å². The lowest BCUT2D eigenvalue weighted by molar-refractivity contribution is -0.0334. The summed E-state index contributed by atoms with van der Waals surface area (Å²) < 4.78 is 9.89. The molecule has 0 aliphatic carbocycles. The average molecular weight is 430 g/mol. The van der Waals surface area contributed by atoms with Crippen LogP contribution in [-0.2, 0) is 9.47 Å². The van der Waals surface area contributed by atoms with Gasteiger partial charge in [0, 0.05) is 11.1 Å². The predicted octanol–water partition coefficient (Wildman–Crippen LogP) is 5.09. The molecule has 2 N–H and O–H groups in total. The molecule has 1 saturated heterocycles. The van der Waals surface area contributed by atoms with Crippen LogP contribution in [0.15, 0.2) is 72.8 Å². The summed E-state index contributed by atoms with van der Waals surface area (Å²) in [7, 11) is 0. The molecule has 6 heteroatoms. The predicted molar refractivity (Wildman–Crippen MR) is 122 cm³/mol. The lowest BCUT2D eigenvalue weighted by Gasteiger charge is -2.16. The highest BCUT2D eigenvalue weighted by atomic mass is 16.6. The van der Waals surface area contributed by atoms with Crippen molar-refractivity contribution in [3.05, 3.63) is 83.9 Å². The molecular formula is C26H22O6. The molecule has 1 aliphatic heterocycles. The number of hydrogen-bond donors (Lipinski definition) is 2. The summed E-state index contributed by atoms with van der Waals surface area (Å²) in [6.07, 6.45) is 0. The summed E-state index contributed by atoms with van der Waals surface area (Å²) in [5.41, 5.74) is 1.04. The molecule has 0 atom stereocenters. The molecule has 1 heterocycles. The molecular weight excluding hydrogens is 408 g/mol. The standard InChI is InChI=1S/C22H14O4.C4H8O2/c23-21(24)17-11-9-13-5-1-3-7-15(13)19(17)20-16-8-4-2-6-14(16)10-12-18(20)22(25)26;1-2-6-4-3-5-1/h1-12H,(H,23,24)(H,25,26);1-4H2. The van der Waals surface area contributed by atoms with Gasteiger partial charge in [-0.3, -0.25) is 0 Å². The Hall–Kier alpha value is -3.74. The smallest absolute Gasteiger partial charge is 0.336 e. The van der Waals surface area contributed by atoms with Gasteiger partial charge in [0.2, 0.25) is 0 Å². The van der Waals surface area contributed by atoms with Crippen molar-refractivity contribution >= 4 is 33.5 Å². The number of carboxylic acids is 2. The van der Waals surface area contributed by atoms with Crippen LogP contribution in [0.3, 0.4) is 0 Å². The zero-order chi connectivity index (χ0) is 22.5. The molecule has 5 rings (SSSR count). The molecule has 0 spiro atoms. The molecule has 4 aromatic carbocycles. The Morgan fingerprint density at radius 1 is 0.562 bits per heavy atom. The molecule has 0 amide bonds. The molecule has 4 aromatic rings. The van der Waals surface area contributed by atoms with Crippen LogP contribution in [0.5, 0.6) is 0 Å². The lowest BCUT2D eigenvalue weighted by atomic mass is 9.87. The fourth-order valence-electron chi connectivity index (χ4n) is 3.88. The maximum Gasteiger partial charge on any atom is 0.336 e. The van der Waals surface area contributed by atoms with E-state index in [0.717, 1.165) is 37.2 Å². The maximum atomic E-state index is 11.9.